The first kappa shape index (κ1) is 43.8. The molecule has 0 fully saturated rings. The Morgan fingerprint density at radius 1 is 0.432 bits per heavy atom. The molecule has 0 saturated heterocycles. The number of hydrogen-bond donors (Lipinski definition) is 0. The molecule has 0 amide bonds. The molecule has 37 heavy (non-hydrogen) atoms. The molecule has 7 heteroatoms. The van der Waals surface area contributed by atoms with Crippen LogP contribution in [0.15, 0.2) is 0 Å². The summed E-state index contributed by atoms with van der Waals surface area (Å²) < 4.78 is 0. The van der Waals surface area contributed by atoms with E-state index in [1.165, 1.54) is 0 Å². The van der Waals surface area contributed by atoms with Gasteiger partial charge in [-0.1, -0.05) is 120 Å². The van der Waals surface area contributed by atoms with Gasteiger partial charge in [-0.3, -0.25) is 0 Å². The van der Waals surface area contributed by atoms with Crippen LogP contribution in [-0.2, 0) is 14.4 Å². The molecule has 0 aromatic carbocycles. The molecule has 0 bridgehead atoms. The summed E-state index contributed by atoms with van der Waals surface area (Å²) in [6.45, 7) is 17.6. The van der Waals surface area contributed by atoms with Crippen molar-refractivity contribution in [1.82, 2.24) is 0 Å². The fraction of sp³-hybridized carbons (Fsp3) is 0.900. The predicted octanol–water partition coefficient (Wildman–Crippen LogP) is 5.20. The van der Waals surface area contributed by atoms with Crippen LogP contribution >= 0.6 is 0 Å². The Labute approximate surface area is 260 Å². The van der Waals surface area contributed by atoms with E-state index in [9.17, 15) is 29.7 Å². The second-order valence-electron chi connectivity index (χ2n) is 11.1. The summed E-state index contributed by atoms with van der Waals surface area (Å²) >= 11 is 0. The first-order chi connectivity index (χ1) is 16.7. The van der Waals surface area contributed by atoms with Crippen LogP contribution in [0.2, 0.25) is 0 Å². The van der Waals surface area contributed by atoms with Crippen molar-refractivity contribution in [2.75, 3.05) is 0 Å². The molecule has 221 valence electrons. The van der Waals surface area contributed by atoms with Crippen LogP contribution in [0, 0.1) is 56.2 Å². The molecule has 0 rings (SSSR count). The third-order valence-electron chi connectivity index (χ3n) is 7.13. The Kier molecular flexibility index (Phi) is 29.3. The van der Waals surface area contributed by atoms with Crippen molar-refractivity contribution in [3.05, 3.63) is 0 Å². The van der Waals surface area contributed by atoms with E-state index in [1.54, 1.807) is 20.8 Å². The monoisotopic (exact) mass is 671 g/mol. The van der Waals surface area contributed by atoms with E-state index in [1.807, 2.05) is 20.8 Å². The van der Waals surface area contributed by atoms with Crippen molar-refractivity contribution in [3.63, 3.8) is 0 Å². The fourth-order valence-electron chi connectivity index (χ4n) is 4.34. The maximum atomic E-state index is 10.8. The largest absolute Gasteiger partial charge is 3.00 e. The summed E-state index contributed by atoms with van der Waals surface area (Å²) in [4.78, 5) is 32.4. The van der Waals surface area contributed by atoms with E-state index < -0.39 is 34.2 Å². The summed E-state index contributed by atoms with van der Waals surface area (Å²) in [5, 5.41) is 32.4. The van der Waals surface area contributed by atoms with Gasteiger partial charge in [-0.25, -0.2) is 0 Å². The number of carbonyl (C=O) groups excluding carboxylic acids is 3. The van der Waals surface area contributed by atoms with Crippen LogP contribution in [0.25, 0.3) is 0 Å². The Hall–Kier alpha value is -0.265. The van der Waals surface area contributed by atoms with E-state index in [0.717, 1.165) is 96.3 Å². The number of carboxylic acid groups (broad SMARTS) is 3. The van der Waals surface area contributed by atoms with E-state index in [0.29, 0.717) is 0 Å². The molecule has 0 aliphatic rings. The SMILES string of the molecule is CCCCC(C)(CCC)C(=O)[O-].CCCCC(C)(CCC)C(=O)[O-].CCCCC(C)(CCC)C(=O)[O-].[Gd+3]. The number of hydrogen-bond acceptors (Lipinski definition) is 6. The van der Waals surface area contributed by atoms with E-state index in [-0.39, 0.29) is 39.9 Å². The predicted molar refractivity (Wildman–Crippen MR) is 143 cm³/mol. The van der Waals surface area contributed by atoms with Crippen molar-refractivity contribution in [3.8, 4) is 0 Å². The van der Waals surface area contributed by atoms with Crippen molar-refractivity contribution in [1.29, 1.82) is 0 Å². The maximum Gasteiger partial charge on any atom is 3.00 e. The first-order valence-electron chi connectivity index (χ1n) is 14.3. The fourth-order valence-corrected chi connectivity index (χ4v) is 4.34. The minimum atomic E-state index is -0.891. The normalized spacial score (nSPS) is 15.2. The maximum absolute atomic E-state index is 10.8. The van der Waals surface area contributed by atoms with Gasteiger partial charge in [0.1, 0.15) is 0 Å². The van der Waals surface area contributed by atoms with Gasteiger partial charge in [-0.05, 0) is 38.5 Å². The molecule has 3 unspecified atom stereocenters. The smallest absolute Gasteiger partial charge is 0.550 e. The zero-order valence-electron chi connectivity index (χ0n) is 25.4. The van der Waals surface area contributed by atoms with Gasteiger partial charge in [0.2, 0.25) is 0 Å². The van der Waals surface area contributed by atoms with Gasteiger partial charge in [0.15, 0.2) is 0 Å². The zero-order valence-corrected chi connectivity index (χ0v) is 27.7. The Bertz CT molecular complexity index is 516. The number of rotatable bonds is 18. The minimum Gasteiger partial charge on any atom is -0.550 e. The number of unbranched alkanes of at least 4 members (excludes halogenated alkanes) is 3. The quantitative estimate of drug-likeness (QED) is 0.198. The summed E-state index contributed by atoms with van der Waals surface area (Å²) in [7, 11) is 0. The van der Waals surface area contributed by atoms with Crippen LogP contribution in [-0.4, -0.2) is 17.9 Å². The molecule has 0 aromatic rings. The summed E-state index contributed by atoms with van der Waals surface area (Å²) in [5.74, 6) is -2.67. The standard InChI is InChI=1S/3C10H20O2.Gd/c3*1-4-6-8-10(3,7-5-2)9(11)12;/h3*4-8H2,1-3H3,(H,11,12);/q;;;+3/p-3. The van der Waals surface area contributed by atoms with E-state index in [4.69, 9.17) is 0 Å². The summed E-state index contributed by atoms with van der Waals surface area (Å²) in [5.41, 5.74) is -1.78. The molecule has 6 nitrogen and oxygen atoms in total. The molecule has 0 aliphatic carbocycles. The molecule has 0 heterocycles. The van der Waals surface area contributed by atoms with Crippen LogP contribution in [0.5, 0.6) is 0 Å². The topological polar surface area (TPSA) is 120 Å². The number of aliphatic carboxylic acids is 3. The molecule has 0 aromatic heterocycles. The van der Waals surface area contributed by atoms with Crippen LogP contribution < -0.4 is 15.3 Å². The molecule has 1 radical (unpaired) electrons. The van der Waals surface area contributed by atoms with Gasteiger partial charge < -0.3 is 29.7 Å². The second kappa shape index (κ2) is 24.8. The van der Waals surface area contributed by atoms with Crippen molar-refractivity contribution < 1.29 is 69.6 Å². The minimum absolute atomic E-state index is 0. The summed E-state index contributed by atoms with van der Waals surface area (Å²) in [6, 6.07) is 0. The Morgan fingerprint density at radius 3 is 0.730 bits per heavy atom. The number of carbonyl (C=O) groups is 3. The van der Waals surface area contributed by atoms with E-state index in [2.05, 4.69) is 20.8 Å². The third-order valence-corrected chi connectivity index (χ3v) is 7.13. The van der Waals surface area contributed by atoms with Gasteiger partial charge in [-0.2, -0.15) is 0 Å². The average Bonchev–Trinajstić information content (AvgIpc) is 2.81. The van der Waals surface area contributed by atoms with Gasteiger partial charge in [0, 0.05) is 34.2 Å². The zero-order chi connectivity index (χ0) is 28.8. The van der Waals surface area contributed by atoms with Crippen molar-refractivity contribution >= 4 is 17.9 Å². The van der Waals surface area contributed by atoms with E-state index >= 15 is 0 Å². The number of carboxylic acids is 3. The second-order valence-corrected chi connectivity index (χ2v) is 11.1. The van der Waals surface area contributed by atoms with Crippen LogP contribution in [0.3, 0.4) is 0 Å². The van der Waals surface area contributed by atoms with Gasteiger partial charge in [0.05, 0.1) is 0 Å². The van der Waals surface area contributed by atoms with Gasteiger partial charge in [0.25, 0.3) is 0 Å². The molecule has 0 saturated carbocycles. The average molecular weight is 671 g/mol. The van der Waals surface area contributed by atoms with Crippen molar-refractivity contribution in [2.24, 2.45) is 16.2 Å². The Balaban J connectivity index is -0.000000218. The van der Waals surface area contributed by atoms with Gasteiger partial charge >= 0.3 is 39.9 Å². The van der Waals surface area contributed by atoms with Crippen LogP contribution in [0.1, 0.15) is 159 Å². The molecular weight excluding hydrogens is 614 g/mol. The Morgan fingerprint density at radius 2 is 0.622 bits per heavy atom. The molecule has 0 aliphatic heterocycles. The summed E-state index contributed by atoms with van der Waals surface area (Å²) in [6.07, 6.45) is 13.3. The molecular formula is C30H57GdO6. The molecule has 3 atom stereocenters. The van der Waals surface area contributed by atoms with Crippen LogP contribution in [0.4, 0.5) is 0 Å². The molecule has 0 spiro atoms. The first-order valence-corrected chi connectivity index (χ1v) is 14.3. The van der Waals surface area contributed by atoms with Crippen molar-refractivity contribution in [2.45, 2.75) is 159 Å². The third kappa shape index (κ3) is 20.3. The van der Waals surface area contributed by atoms with Gasteiger partial charge in [-0.15, -0.1) is 0 Å². The molecule has 0 N–H and O–H groups in total.